The highest BCUT2D eigenvalue weighted by Gasteiger charge is 2.22. The Balaban J connectivity index is 2.53. The Labute approximate surface area is 125 Å². The number of thiophene rings is 1. The van der Waals surface area contributed by atoms with Gasteiger partial charge >= 0.3 is 0 Å². The number of nitrogens with zero attached hydrogens (tertiary/aromatic N) is 3. The Kier molecular flexibility index (Phi) is 4.02. The number of hydrogen-bond donors (Lipinski definition) is 1. The zero-order valence-corrected chi connectivity index (χ0v) is 14.1. The van der Waals surface area contributed by atoms with E-state index in [9.17, 15) is 0 Å². The van der Waals surface area contributed by atoms with Crippen LogP contribution in [-0.2, 0) is 0 Å². The predicted octanol–water partition coefficient (Wildman–Crippen LogP) is 3.04. The molecule has 0 aliphatic heterocycles. The molecule has 0 unspecified atom stereocenters. The van der Waals surface area contributed by atoms with Gasteiger partial charge < -0.3 is 10.6 Å². The summed E-state index contributed by atoms with van der Waals surface area (Å²) in [5, 5.41) is 1.19. The van der Waals surface area contributed by atoms with Gasteiger partial charge in [0.15, 0.2) is 0 Å². The molecule has 0 amide bonds. The largest absolute Gasteiger partial charge is 0.358 e. The maximum atomic E-state index is 5.85. The number of aryl methyl sites for hydroxylation is 3. The average molecular weight is 292 g/mol. The Hall–Kier alpha value is -1.20. The van der Waals surface area contributed by atoms with Crippen molar-refractivity contribution in [2.24, 2.45) is 11.1 Å². The fraction of sp³-hybridized carbons (Fsp3) is 0.600. The second-order valence-electron chi connectivity index (χ2n) is 6.28. The third kappa shape index (κ3) is 2.79. The van der Waals surface area contributed by atoms with Crippen LogP contribution in [0.25, 0.3) is 10.2 Å². The molecular formula is C15H24N4S. The van der Waals surface area contributed by atoms with Crippen molar-refractivity contribution >= 4 is 27.4 Å². The van der Waals surface area contributed by atoms with Crippen molar-refractivity contribution in [3.63, 3.8) is 0 Å². The van der Waals surface area contributed by atoms with E-state index in [2.05, 4.69) is 49.6 Å². The fourth-order valence-electron chi connectivity index (χ4n) is 2.39. The lowest BCUT2D eigenvalue weighted by atomic mass is 9.93. The van der Waals surface area contributed by atoms with E-state index in [0.29, 0.717) is 6.54 Å². The van der Waals surface area contributed by atoms with Crippen LogP contribution in [0.1, 0.15) is 30.1 Å². The molecule has 5 heteroatoms. The summed E-state index contributed by atoms with van der Waals surface area (Å²) in [6, 6.07) is 0. The summed E-state index contributed by atoms with van der Waals surface area (Å²) in [7, 11) is 2.09. The molecular weight excluding hydrogens is 268 g/mol. The Morgan fingerprint density at radius 1 is 1.20 bits per heavy atom. The van der Waals surface area contributed by atoms with E-state index in [0.717, 1.165) is 23.0 Å². The van der Waals surface area contributed by atoms with Gasteiger partial charge in [-0.3, -0.25) is 0 Å². The molecule has 0 saturated carbocycles. The third-order valence-electron chi connectivity index (χ3n) is 3.70. The zero-order valence-electron chi connectivity index (χ0n) is 13.2. The molecule has 2 aromatic rings. The minimum Gasteiger partial charge on any atom is -0.358 e. The van der Waals surface area contributed by atoms with E-state index in [-0.39, 0.29) is 5.41 Å². The molecule has 0 aromatic carbocycles. The lowest BCUT2D eigenvalue weighted by Gasteiger charge is -2.30. The molecule has 2 rings (SSSR count). The average Bonchev–Trinajstić information content (AvgIpc) is 2.63. The molecule has 2 aromatic heterocycles. The number of aromatic nitrogens is 2. The van der Waals surface area contributed by atoms with Gasteiger partial charge in [0.1, 0.15) is 16.5 Å². The number of nitrogens with two attached hydrogens (primary N) is 1. The molecule has 4 nitrogen and oxygen atoms in total. The van der Waals surface area contributed by atoms with E-state index in [1.165, 1.54) is 15.8 Å². The molecule has 2 heterocycles. The van der Waals surface area contributed by atoms with Crippen molar-refractivity contribution in [2.45, 2.75) is 34.6 Å². The van der Waals surface area contributed by atoms with Crippen LogP contribution in [0.5, 0.6) is 0 Å². The van der Waals surface area contributed by atoms with E-state index < -0.39 is 0 Å². The van der Waals surface area contributed by atoms with Crippen LogP contribution in [0.3, 0.4) is 0 Å². The second kappa shape index (κ2) is 5.30. The van der Waals surface area contributed by atoms with Crippen LogP contribution < -0.4 is 10.6 Å². The predicted molar refractivity (Wildman–Crippen MR) is 87.7 cm³/mol. The van der Waals surface area contributed by atoms with E-state index in [1.807, 2.05) is 6.92 Å². The normalized spacial score (nSPS) is 12.2. The lowest BCUT2D eigenvalue weighted by Crippen LogP contribution is -2.37. The topological polar surface area (TPSA) is 55.0 Å². The lowest BCUT2D eigenvalue weighted by molar-refractivity contribution is 0.384. The van der Waals surface area contributed by atoms with Gasteiger partial charge in [0, 0.05) is 18.5 Å². The first-order valence-corrected chi connectivity index (χ1v) is 7.72. The van der Waals surface area contributed by atoms with Crippen molar-refractivity contribution in [1.82, 2.24) is 9.97 Å². The molecule has 0 bridgehead atoms. The monoisotopic (exact) mass is 292 g/mol. The minimum atomic E-state index is 0.0684. The fourth-order valence-corrected chi connectivity index (χ4v) is 3.46. The summed E-state index contributed by atoms with van der Waals surface area (Å²) < 4.78 is 0. The zero-order chi connectivity index (χ0) is 15.1. The second-order valence-corrected chi connectivity index (χ2v) is 7.49. The van der Waals surface area contributed by atoms with Crippen LogP contribution in [0, 0.1) is 26.2 Å². The summed E-state index contributed by atoms with van der Waals surface area (Å²) in [6.07, 6.45) is 0. The third-order valence-corrected chi connectivity index (χ3v) is 4.80. The van der Waals surface area contributed by atoms with E-state index in [4.69, 9.17) is 5.73 Å². The Morgan fingerprint density at radius 2 is 1.85 bits per heavy atom. The van der Waals surface area contributed by atoms with E-state index in [1.54, 1.807) is 11.3 Å². The maximum Gasteiger partial charge on any atom is 0.141 e. The summed E-state index contributed by atoms with van der Waals surface area (Å²) in [6.45, 7) is 12.1. The van der Waals surface area contributed by atoms with E-state index >= 15 is 0 Å². The van der Waals surface area contributed by atoms with Crippen molar-refractivity contribution < 1.29 is 0 Å². The molecule has 110 valence electrons. The van der Waals surface area contributed by atoms with Gasteiger partial charge in [-0.2, -0.15) is 0 Å². The van der Waals surface area contributed by atoms with Gasteiger partial charge in [0.2, 0.25) is 0 Å². The van der Waals surface area contributed by atoms with Crippen LogP contribution in [-0.4, -0.2) is 30.1 Å². The van der Waals surface area contributed by atoms with Gasteiger partial charge in [-0.1, -0.05) is 13.8 Å². The number of rotatable bonds is 4. The standard InChI is InChI=1S/C15H24N4S/c1-9-10(2)20-14-12(9)13(17-11(3)18-14)19(6)8-15(4,5)7-16/h7-8,16H2,1-6H3. The highest BCUT2D eigenvalue weighted by Crippen LogP contribution is 2.35. The van der Waals surface area contributed by atoms with Crippen molar-refractivity contribution in [1.29, 1.82) is 0 Å². The highest BCUT2D eigenvalue weighted by atomic mass is 32.1. The maximum absolute atomic E-state index is 5.85. The first-order valence-electron chi connectivity index (χ1n) is 6.91. The highest BCUT2D eigenvalue weighted by molar-refractivity contribution is 7.18. The van der Waals surface area contributed by atoms with Gasteiger partial charge in [-0.25, -0.2) is 9.97 Å². The van der Waals surface area contributed by atoms with Crippen molar-refractivity contribution in [2.75, 3.05) is 25.0 Å². The summed E-state index contributed by atoms with van der Waals surface area (Å²) in [5.74, 6) is 1.85. The summed E-state index contributed by atoms with van der Waals surface area (Å²) in [5.41, 5.74) is 7.21. The Morgan fingerprint density at radius 3 is 2.45 bits per heavy atom. The molecule has 20 heavy (non-hydrogen) atoms. The summed E-state index contributed by atoms with van der Waals surface area (Å²) >= 11 is 1.75. The van der Waals surface area contributed by atoms with Crippen LogP contribution in [0.15, 0.2) is 0 Å². The quantitative estimate of drug-likeness (QED) is 0.941. The van der Waals surface area contributed by atoms with Gasteiger partial charge in [-0.15, -0.1) is 11.3 Å². The first kappa shape index (κ1) is 15.2. The van der Waals surface area contributed by atoms with Crippen LogP contribution >= 0.6 is 11.3 Å². The minimum absolute atomic E-state index is 0.0684. The molecule has 0 radical (unpaired) electrons. The molecule has 0 aliphatic carbocycles. The Bertz CT molecular complexity index is 630. The molecule has 0 fully saturated rings. The molecule has 0 aliphatic rings. The van der Waals surface area contributed by atoms with Crippen molar-refractivity contribution in [3.05, 3.63) is 16.3 Å². The molecule has 2 N–H and O–H groups in total. The van der Waals surface area contributed by atoms with Gasteiger partial charge in [0.25, 0.3) is 0 Å². The van der Waals surface area contributed by atoms with Gasteiger partial charge in [-0.05, 0) is 38.3 Å². The number of hydrogen-bond acceptors (Lipinski definition) is 5. The SMILES string of the molecule is Cc1nc(N(C)CC(C)(C)CN)c2c(C)c(C)sc2n1. The van der Waals surface area contributed by atoms with Gasteiger partial charge in [0.05, 0.1) is 5.39 Å². The summed E-state index contributed by atoms with van der Waals surface area (Å²) in [4.78, 5) is 13.9. The molecule has 0 spiro atoms. The molecule has 0 saturated heterocycles. The van der Waals surface area contributed by atoms with Crippen LogP contribution in [0.4, 0.5) is 5.82 Å². The van der Waals surface area contributed by atoms with Crippen LogP contribution in [0.2, 0.25) is 0 Å². The van der Waals surface area contributed by atoms with Crippen molar-refractivity contribution in [3.8, 4) is 0 Å². The number of fused-ring (bicyclic) bond motifs is 1. The first-order chi connectivity index (χ1) is 9.25. The number of anilines is 1. The molecule has 0 atom stereocenters. The smallest absolute Gasteiger partial charge is 0.141 e.